The van der Waals surface area contributed by atoms with Gasteiger partial charge in [0.15, 0.2) is 0 Å². The molecule has 1 aliphatic heterocycles. The van der Waals surface area contributed by atoms with Crippen molar-refractivity contribution in [3.63, 3.8) is 0 Å². The lowest BCUT2D eigenvalue weighted by molar-refractivity contribution is -0.483. The van der Waals surface area contributed by atoms with Crippen molar-refractivity contribution in [3.8, 4) is 0 Å². The number of rotatable bonds is 1. The van der Waals surface area contributed by atoms with Crippen LogP contribution in [0.3, 0.4) is 0 Å². The molecular formula is C8H9N2O2-. The lowest BCUT2D eigenvalue weighted by atomic mass is 10.3. The monoisotopic (exact) mass is 165 g/mol. The zero-order valence-corrected chi connectivity index (χ0v) is 6.43. The second-order valence-electron chi connectivity index (χ2n) is 2.58. The van der Waals surface area contributed by atoms with Crippen LogP contribution in [0.15, 0.2) is 30.3 Å². The molecule has 4 nitrogen and oxygen atoms in total. The molecule has 1 aromatic rings. The molecule has 1 atom stereocenters. The number of hydrazine groups is 1. The summed E-state index contributed by atoms with van der Waals surface area (Å²) in [5.41, 5.74) is 3.48. The minimum Gasteiger partial charge on any atom is -0.828 e. The van der Waals surface area contributed by atoms with Crippen LogP contribution in [0.1, 0.15) is 0 Å². The molecule has 0 aromatic heterocycles. The van der Waals surface area contributed by atoms with Crippen LogP contribution < -0.4 is 15.7 Å². The summed E-state index contributed by atoms with van der Waals surface area (Å²) in [6.07, 6.45) is -0.995. The highest BCUT2D eigenvalue weighted by molar-refractivity contribution is 5.44. The quantitative estimate of drug-likeness (QED) is 0.616. The van der Waals surface area contributed by atoms with E-state index in [4.69, 9.17) is 0 Å². The molecule has 0 aliphatic carbocycles. The summed E-state index contributed by atoms with van der Waals surface area (Å²) in [4.78, 5) is 4.64. The summed E-state index contributed by atoms with van der Waals surface area (Å²) in [6, 6.07) is 9.57. The first kappa shape index (κ1) is 7.54. The molecule has 0 amide bonds. The number of nitrogens with zero attached hydrogens (tertiary/aromatic N) is 1. The number of benzene rings is 1. The molecule has 1 heterocycles. The number of nitrogens with one attached hydrogen (secondary N) is 1. The van der Waals surface area contributed by atoms with Gasteiger partial charge in [0.2, 0.25) is 0 Å². The van der Waals surface area contributed by atoms with E-state index in [9.17, 15) is 5.11 Å². The maximum Gasteiger partial charge on any atom is 0.0542 e. The van der Waals surface area contributed by atoms with E-state index in [-0.39, 0.29) is 0 Å². The van der Waals surface area contributed by atoms with Gasteiger partial charge in [0.05, 0.1) is 5.69 Å². The highest BCUT2D eigenvalue weighted by Crippen LogP contribution is 2.13. The van der Waals surface area contributed by atoms with Gasteiger partial charge in [-0.05, 0) is 12.1 Å². The fourth-order valence-electron chi connectivity index (χ4n) is 1.11. The van der Waals surface area contributed by atoms with Crippen molar-refractivity contribution in [3.05, 3.63) is 30.3 Å². The molecule has 12 heavy (non-hydrogen) atoms. The van der Waals surface area contributed by atoms with Crippen molar-refractivity contribution in [1.29, 1.82) is 0 Å². The van der Waals surface area contributed by atoms with E-state index in [1.165, 1.54) is 0 Å². The van der Waals surface area contributed by atoms with Gasteiger partial charge in [0.25, 0.3) is 0 Å². The maximum absolute atomic E-state index is 10.8. The van der Waals surface area contributed by atoms with Crippen LogP contribution in [-0.4, -0.2) is 12.8 Å². The minimum atomic E-state index is -0.995. The lowest BCUT2D eigenvalue weighted by Gasteiger charge is -2.15. The Bertz CT molecular complexity index is 252. The average Bonchev–Trinajstić information content (AvgIpc) is 2.54. The summed E-state index contributed by atoms with van der Waals surface area (Å²) in [6.45, 7) is 0.337. The summed E-state index contributed by atoms with van der Waals surface area (Å²) in [7, 11) is 0. The van der Waals surface area contributed by atoms with E-state index in [0.717, 1.165) is 5.69 Å². The summed E-state index contributed by atoms with van der Waals surface area (Å²) < 4.78 is 0. The molecule has 1 N–H and O–H groups in total. The highest BCUT2D eigenvalue weighted by Gasteiger charge is 2.14. The largest absolute Gasteiger partial charge is 0.828 e. The normalized spacial score (nSPS) is 23.1. The Balaban J connectivity index is 2.11. The van der Waals surface area contributed by atoms with E-state index in [2.05, 4.69) is 10.4 Å². The molecule has 0 spiro atoms. The standard InChI is InChI=1S/C8H9N2O2/c11-8-6-10(9-12-8)7-4-2-1-3-5-7/h1-5,8-9H,6H2/q-1. The number of anilines is 1. The van der Waals surface area contributed by atoms with E-state index in [0.29, 0.717) is 6.54 Å². The predicted octanol–water partition coefficient (Wildman–Crippen LogP) is -0.371. The molecule has 0 bridgehead atoms. The van der Waals surface area contributed by atoms with E-state index >= 15 is 0 Å². The Kier molecular flexibility index (Phi) is 1.95. The molecule has 64 valence electrons. The molecule has 4 heteroatoms. The first-order valence-corrected chi connectivity index (χ1v) is 3.76. The van der Waals surface area contributed by atoms with Crippen LogP contribution in [0, 0.1) is 0 Å². The topological polar surface area (TPSA) is 47.6 Å². The third-order valence-corrected chi connectivity index (χ3v) is 1.69. The third kappa shape index (κ3) is 1.40. The Labute approximate surface area is 70.3 Å². The zero-order chi connectivity index (χ0) is 8.39. The van der Waals surface area contributed by atoms with Crippen LogP contribution in [-0.2, 0) is 4.84 Å². The molecule has 1 unspecified atom stereocenters. The highest BCUT2D eigenvalue weighted by atomic mass is 16.8. The summed E-state index contributed by atoms with van der Waals surface area (Å²) in [5.74, 6) is 0. The van der Waals surface area contributed by atoms with Gasteiger partial charge in [-0.1, -0.05) is 18.2 Å². The van der Waals surface area contributed by atoms with E-state index in [1.54, 1.807) is 5.01 Å². The van der Waals surface area contributed by atoms with Gasteiger partial charge in [0, 0.05) is 12.8 Å². The van der Waals surface area contributed by atoms with Crippen LogP contribution in [0.2, 0.25) is 0 Å². The van der Waals surface area contributed by atoms with Crippen LogP contribution >= 0.6 is 0 Å². The van der Waals surface area contributed by atoms with E-state index < -0.39 is 6.29 Å². The molecular weight excluding hydrogens is 156 g/mol. The average molecular weight is 165 g/mol. The number of hydrogen-bond donors (Lipinski definition) is 1. The van der Waals surface area contributed by atoms with Crippen molar-refractivity contribution in [2.45, 2.75) is 6.29 Å². The second kappa shape index (κ2) is 3.10. The molecule has 1 saturated heterocycles. The predicted molar refractivity (Wildman–Crippen MR) is 41.8 cm³/mol. The molecule has 1 aromatic carbocycles. The van der Waals surface area contributed by atoms with Crippen LogP contribution in [0.4, 0.5) is 5.69 Å². The number of para-hydroxylation sites is 1. The Morgan fingerprint density at radius 3 is 2.75 bits per heavy atom. The van der Waals surface area contributed by atoms with Gasteiger partial charge in [0.1, 0.15) is 0 Å². The zero-order valence-electron chi connectivity index (χ0n) is 6.43. The fraction of sp³-hybridized carbons (Fsp3) is 0.250. The molecule has 1 aliphatic rings. The summed E-state index contributed by atoms with van der Waals surface area (Å²) >= 11 is 0. The van der Waals surface area contributed by atoms with Crippen molar-refractivity contribution >= 4 is 5.69 Å². The van der Waals surface area contributed by atoms with Crippen molar-refractivity contribution < 1.29 is 9.94 Å². The van der Waals surface area contributed by atoms with Gasteiger partial charge in [-0.15, -0.1) is 5.59 Å². The van der Waals surface area contributed by atoms with Crippen LogP contribution in [0.25, 0.3) is 0 Å². The van der Waals surface area contributed by atoms with Crippen molar-refractivity contribution in [2.24, 2.45) is 0 Å². The Morgan fingerprint density at radius 1 is 1.42 bits per heavy atom. The van der Waals surface area contributed by atoms with Gasteiger partial charge >= 0.3 is 0 Å². The first-order valence-electron chi connectivity index (χ1n) is 3.76. The molecule has 2 rings (SSSR count). The first-order chi connectivity index (χ1) is 5.86. The maximum atomic E-state index is 10.8. The SMILES string of the molecule is [O-]C1CN(c2ccccc2)NO1. The second-order valence-corrected chi connectivity index (χ2v) is 2.58. The van der Waals surface area contributed by atoms with Gasteiger partial charge in [-0.25, -0.2) is 0 Å². The van der Waals surface area contributed by atoms with Crippen molar-refractivity contribution in [1.82, 2.24) is 5.59 Å². The van der Waals surface area contributed by atoms with Gasteiger partial charge in [-0.3, -0.25) is 9.85 Å². The molecule has 1 fully saturated rings. The third-order valence-electron chi connectivity index (χ3n) is 1.69. The number of hydrogen-bond acceptors (Lipinski definition) is 4. The van der Waals surface area contributed by atoms with Crippen LogP contribution in [0.5, 0.6) is 0 Å². The molecule has 0 saturated carbocycles. The Morgan fingerprint density at radius 2 is 2.17 bits per heavy atom. The Hall–Kier alpha value is -1.10. The smallest absolute Gasteiger partial charge is 0.0542 e. The fourth-order valence-corrected chi connectivity index (χ4v) is 1.11. The van der Waals surface area contributed by atoms with E-state index in [1.807, 2.05) is 30.3 Å². The summed E-state index contributed by atoms with van der Waals surface area (Å²) in [5, 5.41) is 12.5. The lowest BCUT2D eigenvalue weighted by Crippen LogP contribution is -2.31. The van der Waals surface area contributed by atoms with Crippen molar-refractivity contribution in [2.75, 3.05) is 11.6 Å². The molecule has 0 radical (unpaired) electrons. The minimum absolute atomic E-state index is 0.337. The van der Waals surface area contributed by atoms with Gasteiger partial charge in [-0.2, -0.15) is 0 Å². The van der Waals surface area contributed by atoms with Gasteiger partial charge < -0.3 is 5.11 Å².